The van der Waals surface area contributed by atoms with Crippen LogP contribution in [0.4, 0.5) is 0 Å². The Labute approximate surface area is 114 Å². The van der Waals surface area contributed by atoms with Gasteiger partial charge in [0.1, 0.15) is 13.2 Å². The molecule has 0 unspecified atom stereocenters. The Morgan fingerprint density at radius 2 is 2.16 bits per heavy atom. The van der Waals surface area contributed by atoms with Crippen molar-refractivity contribution in [2.75, 3.05) is 20.3 Å². The van der Waals surface area contributed by atoms with E-state index in [0.717, 1.165) is 5.71 Å². The summed E-state index contributed by atoms with van der Waals surface area (Å²) in [6.07, 6.45) is -0.712. The SMILES string of the molecule is CO/N=C(\C)CCNC(=O)[C@H](O)C(C)(C)COP=O. The van der Waals surface area contributed by atoms with Crippen LogP contribution in [0.3, 0.4) is 0 Å². The molecule has 0 spiro atoms. The molecule has 2 N–H and O–H groups in total. The molecule has 1 amide bonds. The first-order valence-corrected chi connectivity index (χ1v) is 6.55. The number of hydrogen-bond donors (Lipinski definition) is 2. The zero-order valence-corrected chi connectivity index (χ0v) is 12.6. The van der Waals surface area contributed by atoms with Gasteiger partial charge in [0.15, 0.2) is 0 Å². The number of oxime groups is 1. The first-order chi connectivity index (χ1) is 8.85. The molecule has 0 saturated carbocycles. The lowest BCUT2D eigenvalue weighted by molar-refractivity contribution is -0.136. The van der Waals surface area contributed by atoms with Gasteiger partial charge in [-0.25, -0.2) is 4.57 Å². The first-order valence-electron chi connectivity index (χ1n) is 5.82. The maximum atomic E-state index is 11.7. The molecule has 0 aromatic heterocycles. The predicted octanol–water partition coefficient (Wildman–Crippen LogP) is 1.13. The van der Waals surface area contributed by atoms with Gasteiger partial charge < -0.3 is 15.3 Å². The molecule has 0 aliphatic heterocycles. The summed E-state index contributed by atoms with van der Waals surface area (Å²) in [6, 6.07) is 0. The van der Waals surface area contributed by atoms with Crippen LogP contribution in [0.2, 0.25) is 0 Å². The Hall–Kier alpha value is -1.04. The van der Waals surface area contributed by atoms with E-state index in [4.69, 9.17) is 0 Å². The minimum absolute atomic E-state index is 0.0107. The fourth-order valence-electron chi connectivity index (χ4n) is 1.29. The molecular weight excluding hydrogens is 271 g/mol. The fraction of sp³-hybridized carbons (Fsp3) is 0.818. The van der Waals surface area contributed by atoms with Gasteiger partial charge in [-0.15, -0.1) is 0 Å². The van der Waals surface area contributed by atoms with Crippen molar-refractivity contribution in [1.29, 1.82) is 0 Å². The lowest BCUT2D eigenvalue weighted by Gasteiger charge is -2.27. The lowest BCUT2D eigenvalue weighted by atomic mass is 9.87. The van der Waals surface area contributed by atoms with Gasteiger partial charge in [0.25, 0.3) is 0 Å². The number of rotatable bonds is 9. The van der Waals surface area contributed by atoms with Crippen LogP contribution in [0.5, 0.6) is 0 Å². The van der Waals surface area contributed by atoms with E-state index >= 15 is 0 Å². The summed E-state index contributed by atoms with van der Waals surface area (Å²) in [4.78, 5) is 16.3. The third kappa shape index (κ3) is 7.20. The normalized spacial score (nSPS) is 14.3. The second kappa shape index (κ2) is 8.96. The van der Waals surface area contributed by atoms with Crippen LogP contribution in [-0.4, -0.2) is 43.1 Å². The highest BCUT2D eigenvalue weighted by Gasteiger charge is 2.33. The standard InChI is InChI=1S/C11H21N2O5P/c1-8(13-17-4)5-6-12-10(15)9(14)11(2,3)7-18-19-16/h9,14H,5-7H2,1-4H3,(H,12,15)/b13-8+/t9-/m0/s1. The number of nitrogens with zero attached hydrogens (tertiary/aromatic N) is 1. The maximum Gasteiger partial charge on any atom is 0.327 e. The van der Waals surface area contributed by atoms with Gasteiger partial charge in [0.2, 0.25) is 5.91 Å². The number of nitrogens with one attached hydrogen (secondary N) is 1. The molecule has 0 aliphatic rings. The van der Waals surface area contributed by atoms with Crippen molar-refractivity contribution in [3.63, 3.8) is 0 Å². The number of hydrogen-bond acceptors (Lipinski definition) is 6. The van der Waals surface area contributed by atoms with Gasteiger partial charge in [0, 0.05) is 18.4 Å². The summed E-state index contributed by atoms with van der Waals surface area (Å²) in [5.74, 6) is -0.499. The smallest absolute Gasteiger partial charge is 0.327 e. The average molecular weight is 292 g/mol. The second-order valence-electron chi connectivity index (χ2n) is 4.79. The van der Waals surface area contributed by atoms with Gasteiger partial charge in [-0.2, -0.15) is 0 Å². The van der Waals surface area contributed by atoms with Gasteiger partial charge in [-0.3, -0.25) is 9.32 Å². The largest absolute Gasteiger partial charge is 0.399 e. The molecule has 7 nitrogen and oxygen atoms in total. The number of amides is 1. The lowest BCUT2D eigenvalue weighted by Crippen LogP contribution is -2.46. The minimum atomic E-state index is -1.24. The molecule has 110 valence electrons. The van der Waals surface area contributed by atoms with E-state index < -0.39 is 26.1 Å². The van der Waals surface area contributed by atoms with Crippen LogP contribution in [0.15, 0.2) is 5.16 Å². The number of carbonyl (C=O) groups excluding carboxylic acids is 1. The molecule has 0 fully saturated rings. The van der Waals surface area contributed by atoms with Crippen LogP contribution in [-0.2, 0) is 18.7 Å². The third-order valence-corrected chi connectivity index (χ3v) is 2.75. The summed E-state index contributed by atoms with van der Waals surface area (Å²) in [5.41, 5.74) is -0.0815. The highest BCUT2D eigenvalue weighted by atomic mass is 31.1. The molecule has 1 atom stereocenters. The summed E-state index contributed by atoms with van der Waals surface area (Å²) in [7, 11) is 0.976. The van der Waals surface area contributed by atoms with Crippen molar-refractivity contribution in [2.24, 2.45) is 10.6 Å². The number of aliphatic hydroxyl groups excluding tert-OH is 1. The highest BCUT2D eigenvalue weighted by Crippen LogP contribution is 2.23. The summed E-state index contributed by atoms with van der Waals surface area (Å²) in [5, 5.41) is 16.2. The highest BCUT2D eigenvalue weighted by molar-refractivity contribution is 7.17. The van der Waals surface area contributed by atoms with Gasteiger partial charge in [-0.05, 0) is 6.92 Å². The second-order valence-corrected chi connectivity index (χ2v) is 5.20. The molecule has 19 heavy (non-hydrogen) atoms. The van der Waals surface area contributed by atoms with Crippen molar-refractivity contribution in [1.82, 2.24) is 5.32 Å². The molecule has 0 rings (SSSR count). The van der Waals surface area contributed by atoms with Crippen LogP contribution in [0.1, 0.15) is 27.2 Å². The van der Waals surface area contributed by atoms with E-state index in [1.807, 2.05) is 0 Å². The van der Waals surface area contributed by atoms with Crippen molar-refractivity contribution in [3.8, 4) is 0 Å². The van der Waals surface area contributed by atoms with E-state index in [9.17, 15) is 14.5 Å². The van der Waals surface area contributed by atoms with Crippen molar-refractivity contribution < 1.29 is 23.8 Å². The zero-order chi connectivity index (χ0) is 14.9. The van der Waals surface area contributed by atoms with E-state index in [2.05, 4.69) is 19.8 Å². The van der Waals surface area contributed by atoms with E-state index in [1.165, 1.54) is 7.11 Å². The first kappa shape index (κ1) is 18.0. The monoisotopic (exact) mass is 292 g/mol. The van der Waals surface area contributed by atoms with Crippen molar-refractivity contribution in [3.05, 3.63) is 0 Å². The van der Waals surface area contributed by atoms with Gasteiger partial charge in [-0.1, -0.05) is 19.0 Å². The predicted molar refractivity (Wildman–Crippen MR) is 71.1 cm³/mol. The van der Waals surface area contributed by atoms with Crippen LogP contribution < -0.4 is 5.32 Å². The van der Waals surface area contributed by atoms with Gasteiger partial charge >= 0.3 is 8.69 Å². The fourth-order valence-corrected chi connectivity index (χ4v) is 1.68. The van der Waals surface area contributed by atoms with Crippen molar-refractivity contribution in [2.45, 2.75) is 33.3 Å². The zero-order valence-electron chi connectivity index (χ0n) is 11.7. The summed E-state index contributed by atoms with van der Waals surface area (Å²) < 4.78 is 14.9. The molecule has 0 bridgehead atoms. The Kier molecular flexibility index (Phi) is 8.47. The number of carbonyl (C=O) groups is 1. The molecule has 8 heteroatoms. The van der Waals surface area contributed by atoms with E-state index in [-0.39, 0.29) is 6.61 Å². The van der Waals surface area contributed by atoms with Crippen LogP contribution in [0.25, 0.3) is 0 Å². The Bertz CT molecular complexity index is 333. The van der Waals surface area contributed by atoms with Crippen LogP contribution >= 0.6 is 8.69 Å². The topological polar surface area (TPSA) is 97.2 Å². The average Bonchev–Trinajstić information content (AvgIpc) is 2.35. The van der Waals surface area contributed by atoms with E-state index in [1.54, 1.807) is 20.8 Å². The third-order valence-electron chi connectivity index (χ3n) is 2.51. The molecule has 0 heterocycles. The molecule has 0 aromatic rings. The molecule has 0 saturated heterocycles. The molecule has 0 aliphatic carbocycles. The molecule has 0 radical (unpaired) electrons. The molecule has 0 aromatic carbocycles. The van der Waals surface area contributed by atoms with Crippen molar-refractivity contribution >= 4 is 20.3 Å². The quantitative estimate of drug-likeness (QED) is 0.377. The van der Waals surface area contributed by atoms with Crippen LogP contribution in [0, 0.1) is 5.41 Å². The number of aliphatic hydroxyl groups is 1. The Morgan fingerprint density at radius 1 is 1.53 bits per heavy atom. The summed E-state index contributed by atoms with van der Waals surface area (Å²) >= 11 is 0. The summed E-state index contributed by atoms with van der Waals surface area (Å²) in [6.45, 7) is 5.44. The maximum absolute atomic E-state index is 11.7. The minimum Gasteiger partial charge on any atom is -0.399 e. The Morgan fingerprint density at radius 3 is 2.68 bits per heavy atom. The van der Waals surface area contributed by atoms with E-state index in [0.29, 0.717) is 13.0 Å². The molecular formula is C11H21N2O5P. The van der Waals surface area contributed by atoms with Gasteiger partial charge in [0.05, 0.1) is 12.3 Å². The Balaban J connectivity index is 4.19.